The molecule has 1 N–H and O–H groups in total. The molecule has 0 saturated carbocycles. The molecule has 2 amide bonds. The van der Waals surface area contributed by atoms with Crippen molar-refractivity contribution in [2.45, 2.75) is 19.2 Å². The number of hydrogen-bond acceptors (Lipinski definition) is 3. The number of amides is 2. The highest BCUT2D eigenvalue weighted by molar-refractivity contribution is 8.00. The van der Waals surface area contributed by atoms with Gasteiger partial charge in [-0.1, -0.05) is 47.5 Å². The molecule has 0 spiro atoms. The Bertz CT molecular complexity index is 1160. The molecule has 3 aromatic rings. The van der Waals surface area contributed by atoms with Crippen molar-refractivity contribution in [1.29, 1.82) is 0 Å². The van der Waals surface area contributed by atoms with Crippen LogP contribution in [0.25, 0.3) is 0 Å². The average Bonchev–Trinajstić information content (AvgIpc) is 3.11. The van der Waals surface area contributed by atoms with Crippen LogP contribution in [0.1, 0.15) is 32.4 Å². The standard InChI is InChI=1S/C24H20Cl2N2O2S/c1-14-3-4-15(2)21(11-14)28-22(29)13-31-24(28)16-5-8-18(9-6-16)27-23(30)19-10-7-17(25)12-20(19)26/h3-12,24H,13H2,1-2H3,(H,27,30). The molecule has 4 rings (SSSR count). The molecular formula is C24H20Cl2N2O2S. The van der Waals surface area contributed by atoms with Gasteiger partial charge in [-0.25, -0.2) is 0 Å². The maximum Gasteiger partial charge on any atom is 0.257 e. The highest BCUT2D eigenvalue weighted by Gasteiger charge is 2.34. The number of nitrogens with one attached hydrogen (secondary N) is 1. The van der Waals surface area contributed by atoms with Crippen molar-refractivity contribution in [2.75, 3.05) is 16.0 Å². The van der Waals surface area contributed by atoms with Crippen LogP contribution in [0.2, 0.25) is 10.0 Å². The second kappa shape index (κ2) is 8.95. The smallest absolute Gasteiger partial charge is 0.257 e. The first-order valence-corrected chi connectivity index (χ1v) is 11.5. The lowest BCUT2D eigenvalue weighted by atomic mass is 10.1. The molecule has 7 heteroatoms. The molecule has 0 radical (unpaired) electrons. The number of thioether (sulfide) groups is 1. The average molecular weight is 471 g/mol. The summed E-state index contributed by atoms with van der Waals surface area (Å²) in [5.41, 5.74) is 5.12. The Morgan fingerprint density at radius 3 is 2.48 bits per heavy atom. The molecule has 1 heterocycles. The number of halogens is 2. The van der Waals surface area contributed by atoms with Crippen molar-refractivity contribution in [3.8, 4) is 0 Å². The Morgan fingerprint density at radius 1 is 1.03 bits per heavy atom. The summed E-state index contributed by atoms with van der Waals surface area (Å²) in [6, 6.07) is 18.4. The van der Waals surface area contributed by atoms with Gasteiger partial charge in [0.1, 0.15) is 5.37 Å². The Kier molecular flexibility index (Phi) is 6.28. The minimum Gasteiger partial charge on any atom is -0.322 e. The topological polar surface area (TPSA) is 49.4 Å². The molecule has 0 bridgehead atoms. The van der Waals surface area contributed by atoms with Gasteiger partial charge in [0.25, 0.3) is 5.91 Å². The van der Waals surface area contributed by atoms with Crippen LogP contribution < -0.4 is 10.2 Å². The third-order valence-corrected chi connectivity index (χ3v) is 6.88. The highest BCUT2D eigenvalue weighted by Crippen LogP contribution is 2.43. The lowest BCUT2D eigenvalue weighted by Gasteiger charge is -2.26. The summed E-state index contributed by atoms with van der Waals surface area (Å²) in [7, 11) is 0. The van der Waals surface area contributed by atoms with Crippen LogP contribution in [0, 0.1) is 13.8 Å². The molecule has 1 atom stereocenters. The van der Waals surface area contributed by atoms with Gasteiger partial charge in [-0.2, -0.15) is 0 Å². The van der Waals surface area contributed by atoms with Gasteiger partial charge >= 0.3 is 0 Å². The predicted octanol–water partition coefficient (Wildman–Crippen LogP) is 6.64. The van der Waals surface area contributed by atoms with E-state index in [0.29, 0.717) is 27.0 Å². The number of rotatable bonds is 4. The minimum absolute atomic E-state index is 0.0958. The van der Waals surface area contributed by atoms with Crippen molar-refractivity contribution in [1.82, 2.24) is 0 Å². The first-order chi connectivity index (χ1) is 14.8. The normalized spacial score (nSPS) is 15.9. The predicted molar refractivity (Wildman–Crippen MR) is 129 cm³/mol. The van der Waals surface area contributed by atoms with Crippen molar-refractivity contribution < 1.29 is 9.59 Å². The van der Waals surface area contributed by atoms with Gasteiger partial charge in [0.05, 0.1) is 16.3 Å². The molecule has 3 aromatic carbocycles. The van der Waals surface area contributed by atoms with E-state index in [1.807, 2.05) is 55.1 Å². The molecule has 0 aromatic heterocycles. The number of carbonyl (C=O) groups excluding carboxylic acids is 2. The maximum atomic E-state index is 12.7. The third kappa shape index (κ3) is 4.59. The van der Waals surface area contributed by atoms with Crippen LogP contribution in [-0.4, -0.2) is 17.6 Å². The summed E-state index contributed by atoms with van der Waals surface area (Å²) in [6.07, 6.45) is 0. The van der Waals surface area contributed by atoms with Crippen molar-refractivity contribution in [3.63, 3.8) is 0 Å². The van der Waals surface area contributed by atoms with E-state index >= 15 is 0 Å². The zero-order valence-electron chi connectivity index (χ0n) is 17.0. The van der Waals surface area contributed by atoms with Crippen molar-refractivity contribution in [3.05, 3.63) is 93.0 Å². The quantitative estimate of drug-likeness (QED) is 0.464. The van der Waals surface area contributed by atoms with Gasteiger partial charge in [0.2, 0.25) is 5.91 Å². The third-order valence-electron chi connectivity index (χ3n) is 5.12. The number of hydrogen-bond donors (Lipinski definition) is 1. The van der Waals surface area contributed by atoms with E-state index in [0.717, 1.165) is 22.4 Å². The van der Waals surface area contributed by atoms with E-state index in [1.54, 1.807) is 23.9 Å². The fraction of sp³-hybridized carbons (Fsp3) is 0.167. The SMILES string of the molecule is Cc1ccc(C)c(N2C(=O)CSC2c2ccc(NC(=O)c3ccc(Cl)cc3Cl)cc2)c1. The van der Waals surface area contributed by atoms with Gasteiger partial charge in [-0.15, -0.1) is 11.8 Å². The highest BCUT2D eigenvalue weighted by atomic mass is 35.5. The summed E-state index contributed by atoms with van der Waals surface area (Å²) in [5, 5.41) is 3.52. The van der Waals surface area contributed by atoms with E-state index < -0.39 is 0 Å². The summed E-state index contributed by atoms with van der Waals surface area (Å²) < 4.78 is 0. The minimum atomic E-state index is -0.308. The number of anilines is 2. The zero-order valence-corrected chi connectivity index (χ0v) is 19.3. The molecule has 1 saturated heterocycles. The monoisotopic (exact) mass is 470 g/mol. The van der Waals surface area contributed by atoms with Crippen LogP contribution in [0.15, 0.2) is 60.7 Å². The van der Waals surface area contributed by atoms with Crippen LogP contribution >= 0.6 is 35.0 Å². The fourth-order valence-electron chi connectivity index (χ4n) is 3.51. The zero-order chi connectivity index (χ0) is 22.1. The molecule has 4 nitrogen and oxygen atoms in total. The summed E-state index contributed by atoms with van der Waals surface area (Å²) in [5.74, 6) is 0.223. The first kappa shape index (κ1) is 21.8. The van der Waals surface area contributed by atoms with Crippen molar-refractivity contribution >= 4 is 58.2 Å². The van der Waals surface area contributed by atoms with E-state index in [9.17, 15) is 9.59 Å². The molecule has 1 fully saturated rings. The number of nitrogens with zero attached hydrogens (tertiary/aromatic N) is 1. The second-order valence-electron chi connectivity index (χ2n) is 7.42. The molecule has 1 aliphatic rings. The Hall–Kier alpha value is -2.47. The lowest BCUT2D eigenvalue weighted by molar-refractivity contribution is -0.115. The number of carbonyl (C=O) groups is 2. The molecular weight excluding hydrogens is 451 g/mol. The Morgan fingerprint density at radius 2 is 1.77 bits per heavy atom. The van der Waals surface area contributed by atoms with Crippen LogP contribution in [-0.2, 0) is 4.79 Å². The number of aryl methyl sites for hydroxylation is 2. The van der Waals surface area contributed by atoms with Gasteiger partial charge < -0.3 is 5.32 Å². The Labute approximate surface area is 195 Å². The van der Waals surface area contributed by atoms with Crippen molar-refractivity contribution in [2.24, 2.45) is 0 Å². The molecule has 158 valence electrons. The fourth-order valence-corrected chi connectivity index (χ4v) is 5.18. The molecule has 1 unspecified atom stereocenters. The lowest BCUT2D eigenvalue weighted by Crippen LogP contribution is -2.28. The van der Waals surface area contributed by atoms with Gasteiger partial charge in [0.15, 0.2) is 0 Å². The summed E-state index contributed by atoms with van der Waals surface area (Å²) in [4.78, 5) is 27.1. The maximum absolute atomic E-state index is 12.7. The van der Waals surface area contributed by atoms with Crippen LogP contribution in [0.3, 0.4) is 0 Å². The number of benzene rings is 3. The van der Waals surface area contributed by atoms with Gasteiger partial charge in [-0.3, -0.25) is 14.5 Å². The van der Waals surface area contributed by atoms with E-state index in [-0.39, 0.29) is 17.2 Å². The second-order valence-corrected chi connectivity index (χ2v) is 9.33. The van der Waals surface area contributed by atoms with Gasteiger partial charge in [-0.05, 0) is 66.9 Å². The van der Waals surface area contributed by atoms with Crippen LogP contribution in [0.4, 0.5) is 11.4 Å². The summed E-state index contributed by atoms with van der Waals surface area (Å²) >= 11 is 13.6. The largest absolute Gasteiger partial charge is 0.322 e. The molecule has 1 aliphatic heterocycles. The molecule has 31 heavy (non-hydrogen) atoms. The first-order valence-electron chi connectivity index (χ1n) is 9.71. The van der Waals surface area contributed by atoms with Crippen LogP contribution in [0.5, 0.6) is 0 Å². The van der Waals surface area contributed by atoms with Gasteiger partial charge in [0, 0.05) is 16.4 Å². The molecule has 0 aliphatic carbocycles. The van der Waals surface area contributed by atoms with E-state index in [4.69, 9.17) is 23.2 Å². The van der Waals surface area contributed by atoms with E-state index in [2.05, 4.69) is 11.4 Å². The Balaban J connectivity index is 1.55. The summed E-state index contributed by atoms with van der Waals surface area (Å²) in [6.45, 7) is 4.04. The van der Waals surface area contributed by atoms with E-state index in [1.165, 1.54) is 6.07 Å².